The Hall–Kier alpha value is -4.07. The summed E-state index contributed by atoms with van der Waals surface area (Å²) in [6.07, 6.45) is 2.84. The number of carbonyl (C=O) groups is 1. The Labute approximate surface area is 206 Å². The highest BCUT2D eigenvalue weighted by molar-refractivity contribution is 6.04. The fraction of sp³-hybridized carbons (Fsp3) is 0.308. The smallest absolute Gasteiger partial charge is 0.255 e. The summed E-state index contributed by atoms with van der Waals surface area (Å²) in [6, 6.07) is 11.6. The van der Waals surface area contributed by atoms with Gasteiger partial charge in [0, 0.05) is 19.5 Å². The summed E-state index contributed by atoms with van der Waals surface area (Å²) >= 11 is 0. The number of aromatic nitrogens is 2. The van der Waals surface area contributed by atoms with Crippen molar-refractivity contribution in [3.63, 3.8) is 0 Å². The Morgan fingerprint density at radius 2 is 2.19 bits per heavy atom. The molecule has 0 bridgehead atoms. The van der Waals surface area contributed by atoms with E-state index in [2.05, 4.69) is 25.5 Å². The molecule has 2 saturated heterocycles. The van der Waals surface area contributed by atoms with Crippen LogP contribution in [0.25, 0.3) is 11.3 Å². The first-order valence-corrected chi connectivity index (χ1v) is 11.8. The Balaban J connectivity index is 1.29. The zero-order valence-electron chi connectivity index (χ0n) is 19.3. The lowest BCUT2D eigenvalue weighted by atomic mass is 9.98. The Bertz CT molecular complexity index is 1410. The van der Waals surface area contributed by atoms with E-state index in [9.17, 15) is 19.6 Å². The standard InChI is InChI=1S/C26H23FN6O3/c27-18-3-1-2-15(10-28)23(18)19-8-20(24-21(31-19)12-30-25(24)35)32-22-5-4-16(11-29-22)33-7-6-26(14-33)9-17(34)13-36-26/h1-5,8,11,17,34H,6-7,9,12-14H2,(H,30,35)(H,29,31,32)/t17-,26+/m1/s1. The molecule has 2 atom stereocenters. The van der Waals surface area contributed by atoms with Gasteiger partial charge in [-0.3, -0.25) is 4.79 Å². The summed E-state index contributed by atoms with van der Waals surface area (Å²) in [7, 11) is 0. The predicted octanol–water partition coefficient (Wildman–Crippen LogP) is 2.87. The largest absolute Gasteiger partial charge is 0.391 e. The Kier molecular flexibility index (Phi) is 5.32. The number of nitriles is 1. The average molecular weight is 487 g/mol. The van der Waals surface area contributed by atoms with Crippen molar-refractivity contribution in [3.05, 3.63) is 65.2 Å². The number of aliphatic hydroxyl groups is 1. The normalized spacial score (nSPS) is 22.5. The van der Waals surface area contributed by atoms with Crippen molar-refractivity contribution >= 4 is 23.1 Å². The maximum atomic E-state index is 14.7. The number of carbonyl (C=O) groups excluding carboxylic acids is 1. The molecule has 2 fully saturated rings. The summed E-state index contributed by atoms with van der Waals surface area (Å²) in [5.41, 5.74) is 2.44. The molecule has 1 aromatic carbocycles. The van der Waals surface area contributed by atoms with Gasteiger partial charge in [-0.2, -0.15) is 5.26 Å². The molecule has 3 N–H and O–H groups in total. The lowest BCUT2D eigenvalue weighted by Crippen LogP contribution is -2.33. The first-order valence-electron chi connectivity index (χ1n) is 11.8. The monoisotopic (exact) mass is 486 g/mol. The molecule has 3 aliphatic heterocycles. The highest BCUT2D eigenvalue weighted by Crippen LogP contribution is 2.38. The van der Waals surface area contributed by atoms with Crippen LogP contribution in [0.2, 0.25) is 0 Å². The van der Waals surface area contributed by atoms with E-state index in [1.54, 1.807) is 12.3 Å². The Morgan fingerprint density at radius 3 is 2.94 bits per heavy atom. The van der Waals surface area contributed by atoms with Gasteiger partial charge in [0.25, 0.3) is 5.91 Å². The minimum absolute atomic E-state index is 0.0933. The van der Waals surface area contributed by atoms with Crippen molar-refractivity contribution < 1.29 is 19.0 Å². The number of hydrogen-bond acceptors (Lipinski definition) is 8. The van der Waals surface area contributed by atoms with Gasteiger partial charge < -0.3 is 25.4 Å². The quantitative estimate of drug-likeness (QED) is 0.515. The lowest BCUT2D eigenvalue weighted by molar-refractivity contribution is 0.0185. The van der Waals surface area contributed by atoms with Crippen LogP contribution >= 0.6 is 0 Å². The maximum absolute atomic E-state index is 14.7. The second-order valence-corrected chi connectivity index (χ2v) is 9.38. The summed E-state index contributed by atoms with van der Waals surface area (Å²) in [4.78, 5) is 23.7. The van der Waals surface area contributed by atoms with Crippen molar-refractivity contribution in [2.24, 2.45) is 0 Å². The van der Waals surface area contributed by atoms with E-state index in [0.29, 0.717) is 42.3 Å². The number of ether oxygens (including phenoxy) is 1. The molecule has 0 radical (unpaired) electrons. The molecule has 10 heteroatoms. The second kappa shape index (κ2) is 8.55. The van der Waals surface area contributed by atoms with Gasteiger partial charge >= 0.3 is 0 Å². The van der Waals surface area contributed by atoms with E-state index in [4.69, 9.17) is 4.74 Å². The lowest BCUT2D eigenvalue weighted by Gasteiger charge is -2.24. The van der Waals surface area contributed by atoms with Crippen LogP contribution in [-0.2, 0) is 11.3 Å². The van der Waals surface area contributed by atoms with Crippen molar-refractivity contribution in [1.82, 2.24) is 15.3 Å². The summed E-state index contributed by atoms with van der Waals surface area (Å²) < 4.78 is 20.6. The van der Waals surface area contributed by atoms with E-state index in [-0.39, 0.29) is 34.9 Å². The van der Waals surface area contributed by atoms with Crippen molar-refractivity contribution in [2.75, 3.05) is 29.9 Å². The fourth-order valence-corrected chi connectivity index (χ4v) is 5.29. The molecule has 182 valence electrons. The van der Waals surface area contributed by atoms with Gasteiger partial charge in [0.15, 0.2) is 0 Å². The van der Waals surface area contributed by atoms with Crippen molar-refractivity contribution in [2.45, 2.75) is 31.1 Å². The summed E-state index contributed by atoms with van der Waals surface area (Å²) in [5.74, 6) is -0.332. The number of halogens is 1. The molecule has 2 aromatic heterocycles. The van der Waals surface area contributed by atoms with E-state index < -0.39 is 11.9 Å². The minimum Gasteiger partial charge on any atom is -0.391 e. The van der Waals surface area contributed by atoms with Gasteiger partial charge in [0.05, 0.1) is 76.6 Å². The third-order valence-corrected chi connectivity index (χ3v) is 7.01. The number of amides is 1. The number of aliphatic hydroxyl groups excluding tert-OH is 1. The summed E-state index contributed by atoms with van der Waals surface area (Å²) in [5, 5.41) is 25.3. The Morgan fingerprint density at radius 1 is 1.31 bits per heavy atom. The van der Waals surface area contributed by atoms with Gasteiger partial charge in [-0.1, -0.05) is 6.07 Å². The second-order valence-electron chi connectivity index (χ2n) is 9.38. The van der Waals surface area contributed by atoms with Gasteiger partial charge in [-0.05, 0) is 36.8 Å². The van der Waals surface area contributed by atoms with Crippen LogP contribution in [0.15, 0.2) is 42.6 Å². The highest BCUT2D eigenvalue weighted by Gasteiger charge is 2.45. The number of hydrogen-bond donors (Lipinski definition) is 3. The van der Waals surface area contributed by atoms with E-state index in [1.807, 2.05) is 18.2 Å². The molecule has 36 heavy (non-hydrogen) atoms. The SMILES string of the molecule is N#Cc1cccc(F)c1-c1cc(Nc2ccc(N3CC[C@]4(C[C@@H](O)CO4)C3)cn2)c2c(n1)CNC2=O. The third-order valence-electron chi connectivity index (χ3n) is 7.01. The molecular formula is C26H23FN6O3. The topological polar surface area (TPSA) is 123 Å². The minimum atomic E-state index is -0.561. The fourth-order valence-electron chi connectivity index (χ4n) is 5.29. The van der Waals surface area contributed by atoms with E-state index in [1.165, 1.54) is 18.2 Å². The highest BCUT2D eigenvalue weighted by atomic mass is 19.1. The van der Waals surface area contributed by atoms with E-state index >= 15 is 0 Å². The number of rotatable bonds is 4. The van der Waals surface area contributed by atoms with Crippen LogP contribution in [0.4, 0.5) is 21.6 Å². The molecule has 1 spiro atoms. The molecule has 3 aromatic rings. The maximum Gasteiger partial charge on any atom is 0.255 e. The molecule has 0 saturated carbocycles. The molecule has 6 rings (SSSR count). The van der Waals surface area contributed by atoms with Crippen molar-refractivity contribution in [1.29, 1.82) is 5.26 Å². The van der Waals surface area contributed by atoms with Crippen molar-refractivity contribution in [3.8, 4) is 17.3 Å². The van der Waals surface area contributed by atoms with Gasteiger partial charge in [0.2, 0.25) is 0 Å². The third kappa shape index (κ3) is 3.82. The summed E-state index contributed by atoms with van der Waals surface area (Å²) in [6.45, 7) is 2.10. The zero-order chi connectivity index (χ0) is 24.9. The molecule has 5 heterocycles. The molecule has 3 aliphatic rings. The number of nitrogens with one attached hydrogen (secondary N) is 2. The number of pyridine rings is 2. The molecular weight excluding hydrogens is 463 g/mol. The first-order chi connectivity index (χ1) is 17.4. The molecule has 9 nitrogen and oxygen atoms in total. The predicted molar refractivity (Wildman–Crippen MR) is 129 cm³/mol. The van der Waals surface area contributed by atoms with Crippen LogP contribution < -0.4 is 15.5 Å². The van der Waals surface area contributed by atoms with Crippen LogP contribution in [0.5, 0.6) is 0 Å². The van der Waals surface area contributed by atoms with E-state index in [0.717, 1.165) is 18.7 Å². The first kappa shape index (κ1) is 22.4. The average Bonchev–Trinajstić information content (AvgIpc) is 3.58. The van der Waals surface area contributed by atoms with Crippen LogP contribution in [0.1, 0.15) is 34.5 Å². The number of anilines is 3. The number of fused-ring (bicyclic) bond motifs is 1. The van der Waals surface area contributed by atoms with Crippen LogP contribution in [-0.4, -0.2) is 52.4 Å². The molecule has 0 unspecified atom stereocenters. The number of benzene rings is 1. The van der Waals surface area contributed by atoms with Crippen LogP contribution in [0.3, 0.4) is 0 Å². The van der Waals surface area contributed by atoms with Gasteiger partial charge in [-0.15, -0.1) is 0 Å². The van der Waals surface area contributed by atoms with Gasteiger partial charge in [0.1, 0.15) is 11.6 Å². The zero-order valence-corrected chi connectivity index (χ0v) is 19.3. The van der Waals surface area contributed by atoms with Crippen LogP contribution in [0, 0.1) is 17.1 Å². The molecule has 1 amide bonds. The molecule has 0 aliphatic carbocycles. The van der Waals surface area contributed by atoms with Gasteiger partial charge in [-0.25, -0.2) is 14.4 Å². The number of nitrogens with zero attached hydrogens (tertiary/aromatic N) is 4.